The van der Waals surface area contributed by atoms with Crippen LogP contribution in [0.25, 0.3) is 11.0 Å². The SMILES string of the molecule is C[C@@H]1N(C(=O)c2cc3ccccc3o2)CCC[C@@]12CCCNC2=O. The first-order valence-electron chi connectivity index (χ1n) is 8.70. The van der Waals surface area contributed by atoms with Crippen molar-refractivity contribution in [2.45, 2.75) is 38.6 Å². The third-order valence-electron chi connectivity index (χ3n) is 5.72. The summed E-state index contributed by atoms with van der Waals surface area (Å²) in [4.78, 5) is 27.4. The van der Waals surface area contributed by atoms with Gasteiger partial charge in [0.1, 0.15) is 5.58 Å². The number of benzene rings is 1. The molecule has 1 aromatic heterocycles. The zero-order valence-corrected chi connectivity index (χ0v) is 13.9. The van der Waals surface area contributed by atoms with Crippen LogP contribution >= 0.6 is 0 Å². The molecule has 0 radical (unpaired) electrons. The number of carbonyl (C=O) groups is 2. The Kier molecular flexibility index (Phi) is 3.59. The Labute approximate surface area is 141 Å². The van der Waals surface area contributed by atoms with Crippen LogP contribution in [-0.2, 0) is 4.79 Å². The molecular weight excluding hydrogens is 304 g/mol. The molecule has 2 aromatic rings. The number of carbonyl (C=O) groups excluding carboxylic acids is 2. The molecule has 1 aromatic carbocycles. The normalized spacial score (nSPS) is 27.5. The highest BCUT2D eigenvalue weighted by Crippen LogP contribution is 2.42. The molecule has 0 unspecified atom stereocenters. The lowest BCUT2D eigenvalue weighted by molar-refractivity contribution is -0.140. The van der Waals surface area contributed by atoms with Crippen molar-refractivity contribution in [2.75, 3.05) is 13.1 Å². The molecule has 24 heavy (non-hydrogen) atoms. The highest BCUT2D eigenvalue weighted by molar-refractivity contribution is 5.97. The summed E-state index contributed by atoms with van der Waals surface area (Å²) in [5.41, 5.74) is 0.272. The van der Waals surface area contributed by atoms with Gasteiger partial charge < -0.3 is 14.6 Å². The summed E-state index contributed by atoms with van der Waals surface area (Å²) in [5, 5.41) is 3.92. The van der Waals surface area contributed by atoms with E-state index in [1.807, 2.05) is 36.1 Å². The first kappa shape index (κ1) is 15.2. The largest absolute Gasteiger partial charge is 0.451 e. The molecule has 2 aliphatic heterocycles. The molecule has 0 aliphatic carbocycles. The van der Waals surface area contributed by atoms with Gasteiger partial charge in [0.2, 0.25) is 5.91 Å². The maximum atomic E-state index is 13.0. The highest BCUT2D eigenvalue weighted by Gasteiger charge is 2.50. The van der Waals surface area contributed by atoms with E-state index in [1.165, 1.54) is 0 Å². The van der Waals surface area contributed by atoms with E-state index in [0.29, 0.717) is 12.3 Å². The number of hydrogen-bond acceptors (Lipinski definition) is 3. The van der Waals surface area contributed by atoms with Crippen LogP contribution in [0, 0.1) is 5.41 Å². The topological polar surface area (TPSA) is 62.6 Å². The van der Waals surface area contributed by atoms with E-state index in [-0.39, 0.29) is 17.9 Å². The Hall–Kier alpha value is -2.30. The summed E-state index contributed by atoms with van der Waals surface area (Å²) in [6.45, 7) is 3.42. The van der Waals surface area contributed by atoms with E-state index in [1.54, 1.807) is 6.07 Å². The molecule has 0 bridgehead atoms. The molecule has 5 nitrogen and oxygen atoms in total. The average Bonchev–Trinajstić information content (AvgIpc) is 3.03. The second kappa shape index (κ2) is 5.65. The van der Waals surface area contributed by atoms with Gasteiger partial charge in [0.05, 0.1) is 5.41 Å². The Bertz CT molecular complexity index is 760. The van der Waals surface area contributed by atoms with E-state index in [2.05, 4.69) is 5.32 Å². The maximum Gasteiger partial charge on any atom is 0.289 e. The van der Waals surface area contributed by atoms with Crippen LogP contribution in [0.1, 0.15) is 43.2 Å². The monoisotopic (exact) mass is 326 g/mol. The molecule has 2 aliphatic rings. The summed E-state index contributed by atoms with van der Waals surface area (Å²) in [6.07, 6.45) is 3.53. The van der Waals surface area contributed by atoms with Gasteiger partial charge in [0.25, 0.3) is 5.91 Å². The molecule has 1 spiro atoms. The fourth-order valence-corrected chi connectivity index (χ4v) is 4.30. The predicted octanol–water partition coefficient (Wildman–Crippen LogP) is 2.95. The Morgan fingerprint density at radius 2 is 2.08 bits per heavy atom. The fourth-order valence-electron chi connectivity index (χ4n) is 4.30. The number of likely N-dealkylation sites (tertiary alicyclic amines) is 1. The number of hydrogen-bond donors (Lipinski definition) is 1. The third-order valence-corrected chi connectivity index (χ3v) is 5.72. The fraction of sp³-hybridized carbons (Fsp3) is 0.474. The molecule has 2 fully saturated rings. The lowest BCUT2D eigenvalue weighted by Crippen LogP contribution is -2.60. The number of nitrogens with zero attached hydrogens (tertiary/aromatic N) is 1. The van der Waals surface area contributed by atoms with E-state index in [9.17, 15) is 9.59 Å². The van der Waals surface area contributed by atoms with E-state index in [0.717, 1.165) is 43.2 Å². The van der Waals surface area contributed by atoms with E-state index < -0.39 is 5.41 Å². The number of nitrogens with one attached hydrogen (secondary N) is 1. The summed E-state index contributed by atoms with van der Waals surface area (Å²) in [6, 6.07) is 9.30. The van der Waals surface area contributed by atoms with Crippen LogP contribution < -0.4 is 5.32 Å². The first-order chi connectivity index (χ1) is 11.6. The maximum absolute atomic E-state index is 13.0. The summed E-state index contributed by atoms with van der Waals surface area (Å²) >= 11 is 0. The van der Waals surface area contributed by atoms with Crippen molar-refractivity contribution in [1.82, 2.24) is 10.2 Å². The van der Waals surface area contributed by atoms with Crippen molar-refractivity contribution in [3.8, 4) is 0 Å². The molecule has 5 heteroatoms. The van der Waals surface area contributed by atoms with Crippen molar-refractivity contribution in [3.05, 3.63) is 36.1 Å². The van der Waals surface area contributed by atoms with Crippen LogP contribution in [0.2, 0.25) is 0 Å². The smallest absolute Gasteiger partial charge is 0.289 e. The van der Waals surface area contributed by atoms with Crippen LogP contribution in [-0.4, -0.2) is 35.8 Å². The van der Waals surface area contributed by atoms with Gasteiger partial charge in [-0.1, -0.05) is 18.2 Å². The Morgan fingerprint density at radius 3 is 2.88 bits per heavy atom. The second-order valence-corrected chi connectivity index (χ2v) is 6.94. The molecule has 4 rings (SSSR count). The minimum Gasteiger partial charge on any atom is -0.451 e. The summed E-state index contributed by atoms with van der Waals surface area (Å²) < 4.78 is 5.74. The van der Waals surface area contributed by atoms with Gasteiger partial charge in [0, 0.05) is 24.5 Å². The Morgan fingerprint density at radius 1 is 1.29 bits per heavy atom. The molecule has 1 N–H and O–H groups in total. The van der Waals surface area contributed by atoms with Crippen LogP contribution in [0.4, 0.5) is 0 Å². The lowest BCUT2D eigenvalue weighted by Gasteiger charge is -2.49. The Balaban J connectivity index is 1.65. The van der Waals surface area contributed by atoms with Crippen molar-refractivity contribution >= 4 is 22.8 Å². The van der Waals surface area contributed by atoms with Crippen LogP contribution in [0.15, 0.2) is 34.7 Å². The number of amides is 2. The molecule has 2 saturated heterocycles. The minimum absolute atomic E-state index is 0.100. The number of piperidine rings is 2. The van der Waals surface area contributed by atoms with Gasteiger partial charge in [-0.05, 0) is 44.7 Å². The molecule has 2 atom stereocenters. The van der Waals surface area contributed by atoms with Crippen molar-refractivity contribution < 1.29 is 14.0 Å². The lowest BCUT2D eigenvalue weighted by atomic mass is 9.68. The van der Waals surface area contributed by atoms with Crippen molar-refractivity contribution in [2.24, 2.45) is 5.41 Å². The minimum atomic E-state index is -0.446. The number of para-hydroxylation sites is 1. The molecule has 3 heterocycles. The van der Waals surface area contributed by atoms with Gasteiger partial charge in [-0.15, -0.1) is 0 Å². The van der Waals surface area contributed by atoms with E-state index in [4.69, 9.17) is 4.42 Å². The highest BCUT2D eigenvalue weighted by atomic mass is 16.3. The zero-order chi connectivity index (χ0) is 16.7. The molecular formula is C19H22N2O3. The van der Waals surface area contributed by atoms with Crippen LogP contribution in [0.3, 0.4) is 0 Å². The van der Waals surface area contributed by atoms with Gasteiger partial charge in [-0.3, -0.25) is 9.59 Å². The molecule has 126 valence electrons. The first-order valence-corrected chi connectivity index (χ1v) is 8.70. The van der Waals surface area contributed by atoms with Crippen LogP contribution in [0.5, 0.6) is 0 Å². The summed E-state index contributed by atoms with van der Waals surface area (Å²) in [7, 11) is 0. The third kappa shape index (κ3) is 2.22. The van der Waals surface area contributed by atoms with Gasteiger partial charge >= 0.3 is 0 Å². The second-order valence-electron chi connectivity index (χ2n) is 6.94. The number of rotatable bonds is 1. The van der Waals surface area contributed by atoms with E-state index >= 15 is 0 Å². The quantitative estimate of drug-likeness (QED) is 0.876. The predicted molar refractivity (Wildman–Crippen MR) is 90.6 cm³/mol. The van der Waals surface area contributed by atoms with Crippen molar-refractivity contribution in [1.29, 1.82) is 0 Å². The van der Waals surface area contributed by atoms with Gasteiger partial charge in [-0.2, -0.15) is 0 Å². The molecule has 2 amide bonds. The number of furan rings is 1. The van der Waals surface area contributed by atoms with Crippen molar-refractivity contribution in [3.63, 3.8) is 0 Å². The zero-order valence-electron chi connectivity index (χ0n) is 13.9. The van der Waals surface area contributed by atoms with Gasteiger partial charge in [0.15, 0.2) is 5.76 Å². The summed E-state index contributed by atoms with van der Waals surface area (Å²) in [5.74, 6) is 0.343. The van der Waals surface area contributed by atoms with Gasteiger partial charge in [-0.25, -0.2) is 0 Å². The average molecular weight is 326 g/mol. The molecule has 0 saturated carbocycles. The standard InChI is InChI=1S/C19H22N2O3/c1-13-19(8-4-10-20-18(19)23)9-5-11-21(13)17(22)16-12-14-6-2-3-7-15(14)24-16/h2-3,6-7,12-13H,4-5,8-11H2,1H3,(H,20,23)/t13-,19-/m0/s1. The number of fused-ring (bicyclic) bond motifs is 1.